The smallest absolute Gasteiger partial charge is 0.258 e. The summed E-state index contributed by atoms with van der Waals surface area (Å²) >= 11 is 0. The van der Waals surface area contributed by atoms with E-state index in [9.17, 15) is 18.5 Å². The lowest BCUT2D eigenvalue weighted by Crippen LogP contribution is -2.28. The van der Waals surface area contributed by atoms with Crippen molar-refractivity contribution in [2.75, 3.05) is 0 Å². The molecule has 0 aliphatic heterocycles. The molecule has 122 valence electrons. The van der Waals surface area contributed by atoms with Crippen molar-refractivity contribution in [1.29, 1.82) is 0 Å². The van der Waals surface area contributed by atoms with Gasteiger partial charge >= 0.3 is 0 Å². The Hall–Kier alpha value is -2.25. The summed E-state index contributed by atoms with van der Waals surface area (Å²) in [7, 11) is -4.00. The first-order valence-corrected chi connectivity index (χ1v) is 8.53. The molecule has 0 aromatic heterocycles. The van der Waals surface area contributed by atoms with E-state index in [4.69, 9.17) is 0 Å². The third-order valence-corrected chi connectivity index (χ3v) is 5.16. The number of hydrogen-bond donors (Lipinski definition) is 1. The summed E-state index contributed by atoms with van der Waals surface area (Å²) in [5, 5.41) is 11.0. The minimum atomic E-state index is -4.00. The van der Waals surface area contributed by atoms with Gasteiger partial charge in [0.25, 0.3) is 5.69 Å². The van der Waals surface area contributed by atoms with E-state index in [-0.39, 0.29) is 4.90 Å². The van der Waals surface area contributed by atoms with Crippen molar-refractivity contribution in [1.82, 2.24) is 4.72 Å². The van der Waals surface area contributed by atoms with E-state index < -0.39 is 26.7 Å². The Bertz CT molecular complexity index is 847. The summed E-state index contributed by atoms with van der Waals surface area (Å²) in [4.78, 5) is 10.00. The molecular formula is C16H18N2O4S. The predicted octanol–water partition coefficient (Wildman–Crippen LogP) is 3.25. The summed E-state index contributed by atoms with van der Waals surface area (Å²) in [5.74, 6) is 0. The van der Waals surface area contributed by atoms with Crippen LogP contribution in [0.5, 0.6) is 0 Å². The van der Waals surface area contributed by atoms with Crippen LogP contribution < -0.4 is 4.72 Å². The fourth-order valence-corrected chi connectivity index (χ4v) is 3.90. The molecule has 7 heteroatoms. The number of sulfonamides is 1. The zero-order chi connectivity index (χ0) is 17.2. The molecule has 0 bridgehead atoms. The molecule has 23 heavy (non-hydrogen) atoms. The van der Waals surface area contributed by atoms with Crippen LogP contribution in [0.2, 0.25) is 0 Å². The van der Waals surface area contributed by atoms with Crippen LogP contribution in [-0.2, 0) is 10.0 Å². The molecule has 0 heterocycles. The first-order chi connectivity index (χ1) is 10.7. The molecule has 0 radical (unpaired) electrons. The summed E-state index contributed by atoms with van der Waals surface area (Å²) < 4.78 is 27.5. The summed E-state index contributed by atoms with van der Waals surface area (Å²) in [6.07, 6.45) is 0. The van der Waals surface area contributed by atoms with E-state index in [0.717, 1.165) is 16.7 Å². The van der Waals surface area contributed by atoms with Gasteiger partial charge in [0.15, 0.2) is 4.90 Å². The Labute approximate surface area is 135 Å². The second-order valence-electron chi connectivity index (χ2n) is 5.43. The number of nitro groups is 1. The van der Waals surface area contributed by atoms with Crippen molar-refractivity contribution in [2.45, 2.75) is 31.7 Å². The zero-order valence-corrected chi connectivity index (χ0v) is 13.9. The third kappa shape index (κ3) is 3.75. The van der Waals surface area contributed by atoms with Crippen LogP contribution in [0, 0.1) is 24.0 Å². The van der Waals surface area contributed by atoms with Crippen LogP contribution in [0.3, 0.4) is 0 Å². The van der Waals surface area contributed by atoms with Crippen molar-refractivity contribution < 1.29 is 13.3 Å². The van der Waals surface area contributed by atoms with Gasteiger partial charge in [-0.3, -0.25) is 10.1 Å². The van der Waals surface area contributed by atoms with Gasteiger partial charge in [-0.25, -0.2) is 13.1 Å². The number of nitrogens with zero attached hydrogens (tertiary/aromatic N) is 1. The fourth-order valence-electron chi connectivity index (χ4n) is 2.51. The first kappa shape index (κ1) is 17.1. The Morgan fingerprint density at radius 1 is 1.13 bits per heavy atom. The molecule has 1 atom stereocenters. The second kappa shape index (κ2) is 6.47. The predicted molar refractivity (Wildman–Crippen MR) is 87.7 cm³/mol. The number of aryl methyl sites for hydroxylation is 2. The Morgan fingerprint density at radius 2 is 1.78 bits per heavy atom. The maximum atomic E-state index is 12.5. The van der Waals surface area contributed by atoms with Crippen molar-refractivity contribution in [3.63, 3.8) is 0 Å². The van der Waals surface area contributed by atoms with Gasteiger partial charge in [-0.05, 0) is 38.0 Å². The number of benzene rings is 2. The second-order valence-corrected chi connectivity index (χ2v) is 7.11. The maximum Gasteiger partial charge on any atom is 0.289 e. The number of nitrogens with one attached hydrogen (secondary N) is 1. The molecular weight excluding hydrogens is 316 g/mol. The lowest BCUT2D eigenvalue weighted by atomic mass is 10.0. The molecule has 2 rings (SSSR count). The molecule has 1 unspecified atom stereocenters. The maximum absolute atomic E-state index is 12.5. The molecule has 6 nitrogen and oxygen atoms in total. The van der Waals surface area contributed by atoms with Crippen molar-refractivity contribution in [3.05, 3.63) is 69.3 Å². The zero-order valence-electron chi connectivity index (χ0n) is 13.1. The van der Waals surface area contributed by atoms with E-state index in [2.05, 4.69) is 4.72 Å². The Morgan fingerprint density at radius 3 is 2.39 bits per heavy atom. The molecule has 0 saturated carbocycles. The van der Waals surface area contributed by atoms with Crippen LogP contribution in [0.25, 0.3) is 0 Å². The topological polar surface area (TPSA) is 89.3 Å². The van der Waals surface area contributed by atoms with Gasteiger partial charge in [0.05, 0.1) is 4.92 Å². The molecule has 0 saturated heterocycles. The summed E-state index contributed by atoms with van der Waals surface area (Å²) in [6.45, 7) is 5.57. The molecule has 1 N–H and O–H groups in total. The third-order valence-electron chi connectivity index (χ3n) is 3.58. The lowest BCUT2D eigenvalue weighted by molar-refractivity contribution is -0.387. The highest BCUT2D eigenvalue weighted by molar-refractivity contribution is 7.89. The molecule has 2 aromatic carbocycles. The van der Waals surface area contributed by atoms with Crippen LogP contribution >= 0.6 is 0 Å². The Balaban J connectivity index is 2.37. The molecule has 2 aromatic rings. The van der Waals surface area contributed by atoms with Crippen molar-refractivity contribution in [3.8, 4) is 0 Å². The molecule has 0 spiro atoms. The van der Waals surface area contributed by atoms with Gasteiger partial charge in [-0.2, -0.15) is 0 Å². The number of hydrogen-bond acceptors (Lipinski definition) is 4. The number of nitro benzene ring substituents is 1. The Kier molecular flexibility index (Phi) is 4.82. The van der Waals surface area contributed by atoms with Crippen molar-refractivity contribution >= 4 is 15.7 Å². The van der Waals surface area contributed by atoms with E-state index in [1.807, 2.05) is 32.0 Å². The first-order valence-electron chi connectivity index (χ1n) is 7.05. The van der Waals surface area contributed by atoms with Crippen LogP contribution in [0.4, 0.5) is 5.69 Å². The van der Waals surface area contributed by atoms with Crippen LogP contribution in [0.1, 0.15) is 29.7 Å². The standard InChI is InChI=1S/C16H18N2O4S/c1-11-8-9-14(12(2)10-11)13(3)17-23(21,22)16-7-5-4-6-15(16)18(19)20/h4-10,13,17H,1-3H3. The van der Waals surface area contributed by atoms with Crippen molar-refractivity contribution in [2.24, 2.45) is 0 Å². The fraction of sp³-hybridized carbons (Fsp3) is 0.250. The van der Waals surface area contributed by atoms with Crippen LogP contribution in [-0.4, -0.2) is 13.3 Å². The molecule has 0 fully saturated rings. The summed E-state index contributed by atoms with van der Waals surface area (Å²) in [5.41, 5.74) is 2.44. The van der Waals surface area contributed by atoms with Gasteiger partial charge in [0, 0.05) is 12.1 Å². The lowest BCUT2D eigenvalue weighted by Gasteiger charge is -2.17. The molecule has 0 aliphatic carbocycles. The van der Waals surface area contributed by atoms with E-state index >= 15 is 0 Å². The van der Waals surface area contributed by atoms with Gasteiger partial charge in [-0.15, -0.1) is 0 Å². The van der Waals surface area contributed by atoms with Gasteiger partial charge in [-0.1, -0.05) is 35.9 Å². The van der Waals surface area contributed by atoms with Crippen LogP contribution in [0.15, 0.2) is 47.4 Å². The highest BCUT2D eigenvalue weighted by atomic mass is 32.2. The van der Waals surface area contributed by atoms with E-state index in [1.54, 1.807) is 6.92 Å². The summed E-state index contributed by atoms with van der Waals surface area (Å²) in [6, 6.07) is 10.5. The molecule has 0 amide bonds. The number of para-hydroxylation sites is 1. The normalized spacial score (nSPS) is 12.8. The quantitative estimate of drug-likeness (QED) is 0.671. The largest absolute Gasteiger partial charge is 0.289 e. The van der Waals surface area contributed by atoms with E-state index in [0.29, 0.717) is 0 Å². The highest BCUT2D eigenvalue weighted by Gasteiger charge is 2.27. The average molecular weight is 334 g/mol. The molecule has 0 aliphatic rings. The monoisotopic (exact) mass is 334 g/mol. The highest BCUT2D eigenvalue weighted by Crippen LogP contribution is 2.26. The number of rotatable bonds is 5. The van der Waals surface area contributed by atoms with Gasteiger partial charge < -0.3 is 0 Å². The van der Waals surface area contributed by atoms with Gasteiger partial charge in [0.2, 0.25) is 10.0 Å². The minimum Gasteiger partial charge on any atom is -0.258 e. The van der Waals surface area contributed by atoms with Gasteiger partial charge in [0.1, 0.15) is 0 Å². The van der Waals surface area contributed by atoms with E-state index in [1.165, 1.54) is 24.3 Å². The minimum absolute atomic E-state index is 0.332. The average Bonchev–Trinajstić information content (AvgIpc) is 2.46. The SMILES string of the molecule is Cc1ccc(C(C)NS(=O)(=O)c2ccccc2[N+](=O)[O-])c(C)c1.